The molecule has 0 radical (unpaired) electrons. The molecule has 2 N–H and O–H groups in total. The van der Waals surface area contributed by atoms with Gasteiger partial charge in [0, 0.05) is 44.1 Å². The molecule has 8 nitrogen and oxygen atoms in total. The van der Waals surface area contributed by atoms with Gasteiger partial charge in [-0.25, -0.2) is 13.4 Å². The molecule has 0 amide bonds. The van der Waals surface area contributed by atoms with Crippen molar-refractivity contribution in [3.8, 4) is 0 Å². The molecule has 2 aliphatic rings. The first kappa shape index (κ1) is 15.4. The van der Waals surface area contributed by atoms with Crippen molar-refractivity contribution in [3.63, 3.8) is 0 Å². The number of aliphatic carboxylic acids is 1. The zero-order valence-corrected chi connectivity index (χ0v) is 13.0. The Balaban J connectivity index is 1.73. The molecule has 2 aliphatic heterocycles. The van der Waals surface area contributed by atoms with E-state index in [1.807, 2.05) is 4.90 Å². The first-order chi connectivity index (χ1) is 10.4. The van der Waals surface area contributed by atoms with Crippen molar-refractivity contribution < 1.29 is 18.3 Å². The molecule has 9 heteroatoms. The monoisotopic (exact) mass is 328 g/mol. The summed E-state index contributed by atoms with van der Waals surface area (Å²) in [5.41, 5.74) is 0. The Kier molecular flexibility index (Phi) is 4.20. The molecule has 2 fully saturated rings. The fourth-order valence-electron chi connectivity index (χ4n) is 3.39. The molecule has 0 unspecified atom stereocenters. The van der Waals surface area contributed by atoms with E-state index in [9.17, 15) is 13.2 Å². The van der Waals surface area contributed by atoms with Crippen LogP contribution in [0.4, 0.5) is 0 Å². The number of sulfone groups is 1. The average Bonchev–Trinajstić information content (AvgIpc) is 3.04. The van der Waals surface area contributed by atoms with Crippen LogP contribution in [0.25, 0.3) is 0 Å². The van der Waals surface area contributed by atoms with Crippen molar-refractivity contribution in [3.05, 3.63) is 18.2 Å². The molecule has 0 aliphatic carbocycles. The highest BCUT2D eigenvalue weighted by Crippen LogP contribution is 2.27. The van der Waals surface area contributed by atoms with Crippen molar-refractivity contribution in [2.45, 2.75) is 25.0 Å². The van der Waals surface area contributed by atoms with E-state index in [0.717, 1.165) is 12.4 Å². The second kappa shape index (κ2) is 5.98. The molecule has 1 aromatic heterocycles. The summed E-state index contributed by atoms with van der Waals surface area (Å²) >= 11 is 0. The topological polar surface area (TPSA) is 107 Å². The maximum atomic E-state index is 12.0. The molecule has 0 bridgehead atoms. The maximum Gasteiger partial charge on any atom is 0.304 e. The number of fused-ring (bicyclic) bond motifs is 1. The van der Waals surface area contributed by atoms with E-state index >= 15 is 0 Å². The molecule has 122 valence electrons. The minimum atomic E-state index is -3.07. The standard InChI is InChI=1S/C13H20N4O4S/c18-13(19)1-4-16-5-6-17(7-12-14-2-3-15-12)11-9-22(20,21)8-10(11)16/h2-3,10-11H,1,4-9H2,(H,14,15)(H,18,19)/t10-,11+/m1/s1. The number of carbonyl (C=O) groups is 1. The third kappa shape index (κ3) is 3.31. The maximum absolute atomic E-state index is 12.0. The zero-order valence-electron chi connectivity index (χ0n) is 12.2. The van der Waals surface area contributed by atoms with E-state index in [2.05, 4.69) is 14.9 Å². The summed E-state index contributed by atoms with van der Waals surface area (Å²) < 4.78 is 24.1. The Bertz CT molecular complexity index is 630. The Morgan fingerprint density at radius 3 is 2.64 bits per heavy atom. The number of nitrogens with one attached hydrogen (secondary N) is 1. The third-order valence-corrected chi connectivity index (χ3v) is 6.13. The minimum Gasteiger partial charge on any atom is -0.481 e. The van der Waals surface area contributed by atoms with Gasteiger partial charge >= 0.3 is 5.97 Å². The molecule has 1 aromatic rings. The number of H-pyrrole nitrogens is 1. The lowest BCUT2D eigenvalue weighted by molar-refractivity contribution is -0.137. The Labute approximate surface area is 129 Å². The van der Waals surface area contributed by atoms with E-state index in [1.54, 1.807) is 12.4 Å². The van der Waals surface area contributed by atoms with Crippen LogP contribution in [0.1, 0.15) is 12.2 Å². The minimum absolute atomic E-state index is 0.0431. The van der Waals surface area contributed by atoms with Gasteiger partial charge in [0.05, 0.1) is 24.5 Å². The van der Waals surface area contributed by atoms with Gasteiger partial charge < -0.3 is 10.1 Å². The molecule has 2 atom stereocenters. The van der Waals surface area contributed by atoms with Gasteiger partial charge in [-0.3, -0.25) is 14.6 Å². The van der Waals surface area contributed by atoms with E-state index < -0.39 is 15.8 Å². The van der Waals surface area contributed by atoms with Gasteiger partial charge in [0.2, 0.25) is 0 Å². The first-order valence-electron chi connectivity index (χ1n) is 7.33. The summed E-state index contributed by atoms with van der Waals surface area (Å²) in [5.74, 6) is 0.228. The number of imidazole rings is 1. The van der Waals surface area contributed by atoms with Gasteiger partial charge in [0.1, 0.15) is 5.82 Å². The predicted molar refractivity (Wildman–Crippen MR) is 79.1 cm³/mol. The smallest absolute Gasteiger partial charge is 0.304 e. The zero-order chi connectivity index (χ0) is 15.7. The van der Waals surface area contributed by atoms with Crippen molar-refractivity contribution in [1.29, 1.82) is 0 Å². The van der Waals surface area contributed by atoms with Crippen LogP contribution in [0, 0.1) is 0 Å². The van der Waals surface area contributed by atoms with Crippen molar-refractivity contribution >= 4 is 15.8 Å². The Morgan fingerprint density at radius 2 is 2.00 bits per heavy atom. The normalized spacial score (nSPS) is 28.5. The number of carboxylic acid groups (broad SMARTS) is 1. The quantitative estimate of drug-likeness (QED) is 0.726. The highest BCUT2D eigenvalue weighted by molar-refractivity contribution is 7.91. The summed E-state index contributed by atoms with van der Waals surface area (Å²) in [7, 11) is -3.07. The highest BCUT2D eigenvalue weighted by Gasteiger charge is 2.46. The van der Waals surface area contributed by atoms with E-state index in [4.69, 9.17) is 5.11 Å². The lowest BCUT2D eigenvalue weighted by Crippen LogP contribution is -2.59. The SMILES string of the molecule is O=C(O)CCN1CCN(Cc2ncc[nH]2)[C@H]2CS(=O)(=O)C[C@H]21. The lowest BCUT2D eigenvalue weighted by atomic mass is 10.0. The van der Waals surface area contributed by atoms with E-state index in [0.29, 0.717) is 19.6 Å². The summed E-state index contributed by atoms with van der Waals surface area (Å²) in [4.78, 5) is 22.2. The molecular weight excluding hydrogens is 308 g/mol. The van der Waals surface area contributed by atoms with Gasteiger partial charge in [0.25, 0.3) is 0 Å². The average molecular weight is 328 g/mol. The fourth-order valence-corrected chi connectivity index (χ4v) is 5.43. The molecule has 0 saturated carbocycles. The summed E-state index contributed by atoms with van der Waals surface area (Å²) in [6, 6.07) is -0.203. The molecule has 2 saturated heterocycles. The van der Waals surface area contributed by atoms with Gasteiger partial charge in [-0.15, -0.1) is 0 Å². The van der Waals surface area contributed by atoms with Crippen LogP contribution >= 0.6 is 0 Å². The Hall–Kier alpha value is -1.45. The van der Waals surface area contributed by atoms with Gasteiger partial charge in [-0.2, -0.15) is 0 Å². The van der Waals surface area contributed by atoms with Crippen molar-refractivity contribution in [2.75, 3.05) is 31.1 Å². The molecule has 0 aromatic carbocycles. The Morgan fingerprint density at radius 1 is 1.32 bits per heavy atom. The van der Waals surface area contributed by atoms with Crippen molar-refractivity contribution in [2.24, 2.45) is 0 Å². The van der Waals surface area contributed by atoms with Crippen LogP contribution in [0.15, 0.2) is 12.4 Å². The van der Waals surface area contributed by atoms with Crippen LogP contribution in [0.3, 0.4) is 0 Å². The summed E-state index contributed by atoms with van der Waals surface area (Å²) in [6.45, 7) is 2.40. The number of carboxylic acids is 1. The molecule has 3 heterocycles. The fraction of sp³-hybridized carbons (Fsp3) is 0.692. The number of nitrogens with zero attached hydrogens (tertiary/aromatic N) is 3. The van der Waals surface area contributed by atoms with Crippen LogP contribution in [0.5, 0.6) is 0 Å². The largest absolute Gasteiger partial charge is 0.481 e. The van der Waals surface area contributed by atoms with E-state index in [1.165, 1.54) is 0 Å². The molecule has 3 rings (SSSR count). The van der Waals surface area contributed by atoms with Crippen LogP contribution in [0.2, 0.25) is 0 Å². The second-order valence-electron chi connectivity index (χ2n) is 5.90. The number of piperazine rings is 1. The van der Waals surface area contributed by atoms with Crippen LogP contribution in [-0.4, -0.2) is 82.5 Å². The summed E-state index contributed by atoms with van der Waals surface area (Å²) in [6.07, 6.45) is 3.48. The molecule has 22 heavy (non-hydrogen) atoms. The predicted octanol–water partition coefficient (Wildman–Crippen LogP) is -0.832. The van der Waals surface area contributed by atoms with Gasteiger partial charge in [-0.1, -0.05) is 0 Å². The molecular formula is C13H20N4O4S. The van der Waals surface area contributed by atoms with Crippen molar-refractivity contribution in [1.82, 2.24) is 19.8 Å². The molecule has 0 spiro atoms. The number of rotatable bonds is 5. The van der Waals surface area contributed by atoms with Crippen LogP contribution < -0.4 is 0 Å². The second-order valence-corrected chi connectivity index (χ2v) is 8.05. The van der Waals surface area contributed by atoms with Gasteiger partial charge in [0.15, 0.2) is 9.84 Å². The third-order valence-electron chi connectivity index (χ3n) is 4.43. The lowest BCUT2D eigenvalue weighted by Gasteiger charge is -2.43. The first-order valence-corrected chi connectivity index (χ1v) is 9.15. The van der Waals surface area contributed by atoms with Gasteiger partial charge in [-0.05, 0) is 0 Å². The summed E-state index contributed by atoms with van der Waals surface area (Å²) in [5, 5.41) is 8.84. The number of aromatic nitrogens is 2. The number of hydrogen-bond acceptors (Lipinski definition) is 6. The van der Waals surface area contributed by atoms with Crippen LogP contribution in [-0.2, 0) is 21.2 Å². The van der Waals surface area contributed by atoms with E-state index in [-0.39, 0.29) is 30.0 Å². The number of aromatic amines is 1. The number of hydrogen-bond donors (Lipinski definition) is 2. The highest BCUT2D eigenvalue weighted by atomic mass is 32.2.